The molecule has 0 radical (unpaired) electrons. The third-order valence-corrected chi connectivity index (χ3v) is 8.31. The highest BCUT2D eigenvalue weighted by atomic mass is 32.2. The molecule has 0 aromatic heterocycles. The smallest absolute Gasteiger partial charge is 0.216 e. The van der Waals surface area contributed by atoms with Crippen molar-refractivity contribution in [3.63, 3.8) is 0 Å². The average Bonchev–Trinajstić information content (AvgIpc) is 3.29. The zero-order valence-corrected chi connectivity index (χ0v) is 14.2. The average molecular weight is 314 g/mol. The second-order valence-corrected chi connectivity index (χ2v) is 9.67. The first-order valence-corrected chi connectivity index (χ1v) is 10.2. The lowest BCUT2D eigenvalue weighted by Crippen LogP contribution is -2.51. The molecule has 122 valence electrons. The molecule has 0 spiro atoms. The highest BCUT2D eigenvalue weighted by Crippen LogP contribution is 2.33. The fourth-order valence-corrected chi connectivity index (χ4v) is 5.85. The molecule has 0 aromatic rings. The molecule has 1 heterocycles. The van der Waals surface area contributed by atoms with Crippen LogP contribution in [0.25, 0.3) is 0 Å². The predicted molar refractivity (Wildman–Crippen MR) is 85.6 cm³/mol. The lowest BCUT2D eigenvalue weighted by molar-refractivity contribution is 0.174. The molecular formula is C16H30N2O2S. The van der Waals surface area contributed by atoms with Crippen LogP contribution in [-0.2, 0) is 10.0 Å². The van der Waals surface area contributed by atoms with E-state index in [0.29, 0.717) is 25.2 Å². The van der Waals surface area contributed by atoms with Crippen molar-refractivity contribution in [1.29, 1.82) is 0 Å². The zero-order valence-electron chi connectivity index (χ0n) is 13.4. The molecule has 21 heavy (non-hydrogen) atoms. The Balaban J connectivity index is 1.49. The SMILES string of the molecule is CC1CCCC(NC2CCN(S(=O)(=O)C3CC3)CC2)C1C. The number of piperidine rings is 1. The minimum atomic E-state index is -2.96. The maximum atomic E-state index is 12.2. The fraction of sp³-hybridized carbons (Fsp3) is 1.00. The molecule has 3 unspecified atom stereocenters. The third-order valence-electron chi connectivity index (χ3n) is 5.92. The van der Waals surface area contributed by atoms with Crippen LogP contribution in [0.5, 0.6) is 0 Å². The molecule has 0 amide bonds. The number of nitrogens with zero attached hydrogens (tertiary/aromatic N) is 1. The van der Waals surface area contributed by atoms with Crippen molar-refractivity contribution < 1.29 is 8.42 Å². The van der Waals surface area contributed by atoms with Crippen LogP contribution < -0.4 is 5.32 Å². The molecule has 3 rings (SSSR count). The van der Waals surface area contributed by atoms with E-state index in [1.54, 1.807) is 4.31 Å². The molecule has 1 N–H and O–H groups in total. The summed E-state index contributed by atoms with van der Waals surface area (Å²) in [6.45, 7) is 6.16. The minimum absolute atomic E-state index is 0.0544. The first-order valence-electron chi connectivity index (χ1n) is 8.73. The van der Waals surface area contributed by atoms with Gasteiger partial charge in [0.1, 0.15) is 0 Å². The van der Waals surface area contributed by atoms with Crippen molar-refractivity contribution in [2.75, 3.05) is 13.1 Å². The van der Waals surface area contributed by atoms with Gasteiger partial charge in [-0.3, -0.25) is 0 Å². The van der Waals surface area contributed by atoms with Gasteiger partial charge in [-0.2, -0.15) is 0 Å². The van der Waals surface area contributed by atoms with Crippen molar-refractivity contribution >= 4 is 10.0 Å². The summed E-state index contributed by atoms with van der Waals surface area (Å²) in [4.78, 5) is 0. The van der Waals surface area contributed by atoms with Gasteiger partial charge in [-0.1, -0.05) is 26.7 Å². The van der Waals surface area contributed by atoms with Gasteiger partial charge >= 0.3 is 0 Å². The van der Waals surface area contributed by atoms with Crippen molar-refractivity contribution in [2.24, 2.45) is 11.8 Å². The Labute approximate surface area is 129 Å². The Morgan fingerprint density at radius 1 is 0.952 bits per heavy atom. The lowest BCUT2D eigenvalue weighted by atomic mass is 9.77. The van der Waals surface area contributed by atoms with Gasteiger partial charge in [-0.15, -0.1) is 0 Å². The largest absolute Gasteiger partial charge is 0.311 e. The standard InChI is InChI=1S/C16H30N2O2S/c1-12-4-3-5-16(13(12)2)17-14-8-10-18(11-9-14)21(19,20)15-6-7-15/h12-17H,3-11H2,1-2H3. The Morgan fingerprint density at radius 3 is 2.24 bits per heavy atom. The highest BCUT2D eigenvalue weighted by molar-refractivity contribution is 7.90. The van der Waals surface area contributed by atoms with Crippen molar-refractivity contribution in [2.45, 2.75) is 76.1 Å². The summed E-state index contributed by atoms with van der Waals surface area (Å²) < 4.78 is 26.2. The molecule has 2 aliphatic carbocycles. The van der Waals surface area contributed by atoms with Gasteiger partial charge < -0.3 is 5.32 Å². The Morgan fingerprint density at radius 2 is 1.62 bits per heavy atom. The van der Waals surface area contributed by atoms with Gasteiger partial charge in [0.15, 0.2) is 0 Å². The summed E-state index contributed by atoms with van der Waals surface area (Å²) >= 11 is 0. The third kappa shape index (κ3) is 3.45. The monoisotopic (exact) mass is 314 g/mol. The van der Waals surface area contributed by atoms with E-state index < -0.39 is 10.0 Å². The van der Waals surface area contributed by atoms with Crippen LogP contribution in [0.15, 0.2) is 0 Å². The van der Waals surface area contributed by atoms with E-state index in [2.05, 4.69) is 19.2 Å². The minimum Gasteiger partial charge on any atom is -0.311 e. The molecular weight excluding hydrogens is 284 g/mol. The molecule has 4 nitrogen and oxygen atoms in total. The lowest BCUT2D eigenvalue weighted by Gasteiger charge is -2.39. The normalized spacial score (nSPS) is 36.8. The molecule has 2 saturated carbocycles. The summed E-state index contributed by atoms with van der Waals surface area (Å²) in [5.74, 6) is 1.55. The summed E-state index contributed by atoms with van der Waals surface area (Å²) in [5, 5.41) is 3.78. The Hall–Kier alpha value is -0.130. The number of nitrogens with one attached hydrogen (secondary N) is 1. The number of hydrogen-bond acceptors (Lipinski definition) is 3. The van der Waals surface area contributed by atoms with Gasteiger partial charge in [-0.05, 0) is 43.9 Å². The number of rotatable bonds is 4. The van der Waals surface area contributed by atoms with Crippen LogP contribution >= 0.6 is 0 Å². The number of hydrogen-bond donors (Lipinski definition) is 1. The van der Waals surface area contributed by atoms with E-state index in [-0.39, 0.29) is 5.25 Å². The topological polar surface area (TPSA) is 49.4 Å². The van der Waals surface area contributed by atoms with Gasteiger partial charge in [0, 0.05) is 25.2 Å². The van der Waals surface area contributed by atoms with Crippen LogP contribution in [0.4, 0.5) is 0 Å². The highest BCUT2D eigenvalue weighted by Gasteiger charge is 2.41. The van der Waals surface area contributed by atoms with E-state index >= 15 is 0 Å². The second kappa shape index (κ2) is 6.17. The molecule has 0 aromatic carbocycles. The molecule has 0 bridgehead atoms. The van der Waals surface area contributed by atoms with E-state index in [1.165, 1.54) is 19.3 Å². The summed E-state index contributed by atoms with van der Waals surface area (Å²) in [5.41, 5.74) is 0. The van der Waals surface area contributed by atoms with Crippen molar-refractivity contribution in [1.82, 2.24) is 9.62 Å². The molecule has 3 aliphatic rings. The molecule has 1 saturated heterocycles. The van der Waals surface area contributed by atoms with Gasteiger partial charge in [-0.25, -0.2) is 12.7 Å². The van der Waals surface area contributed by atoms with Crippen LogP contribution in [0, 0.1) is 11.8 Å². The van der Waals surface area contributed by atoms with Crippen molar-refractivity contribution in [3.8, 4) is 0 Å². The first-order chi connectivity index (χ1) is 9.98. The summed E-state index contributed by atoms with van der Waals surface area (Å²) in [6.07, 6.45) is 7.67. The fourth-order valence-electron chi connectivity index (χ4n) is 3.97. The second-order valence-electron chi connectivity index (χ2n) is 7.46. The van der Waals surface area contributed by atoms with Crippen LogP contribution in [0.1, 0.15) is 58.8 Å². The van der Waals surface area contributed by atoms with Crippen LogP contribution in [0.3, 0.4) is 0 Å². The maximum absolute atomic E-state index is 12.2. The predicted octanol–water partition coefficient (Wildman–Crippen LogP) is 2.36. The quantitative estimate of drug-likeness (QED) is 0.866. The van der Waals surface area contributed by atoms with Crippen LogP contribution in [-0.4, -0.2) is 43.1 Å². The molecule has 5 heteroatoms. The molecule has 1 aliphatic heterocycles. The maximum Gasteiger partial charge on any atom is 0.216 e. The van der Waals surface area contributed by atoms with Gasteiger partial charge in [0.25, 0.3) is 0 Å². The van der Waals surface area contributed by atoms with Crippen molar-refractivity contribution in [3.05, 3.63) is 0 Å². The van der Waals surface area contributed by atoms with Gasteiger partial charge in [0.2, 0.25) is 10.0 Å². The molecule has 3 atom stereocenters. The first kappa shape index (κ1) is 15.8. The number of sulfonamides is 1. The molecule has 3 fully saturated rings. The van der Waals surface area contributed by atoms with E-state index in [4.69, 9.17) is 0 Å². The Kier molecular flexibility index (Phi) is 4.63. The van der Waals surface area contributed by atoms with E-state index in [9.17, 15) is 8.42 Å². The van der Waals surface area contributed by atoms with E-state index in [1.807, 2.05) is 0 Å². The summed E-state index contributed by atoms with van der Waals surface area (Å²) in [6, 6.07) is 1.14. The Bertz CT molecular complexity index is 453. The zero-order chi connectivity index (χ0) is 15.0. The van der Waals surface area contributed by atoms with E-state index in [0.717, 1.165) is 37.5 Å². The van der Waals surface area contributed by atoms with Crippen LogP contribution in [0.2, 0.25) is 0 Å². The summed E-state index contributed by atoms with van der Waals surface area (Å²) in [7, 11) is -2.96. The van der Waals surface area contributed by atoms with Gasteiger partial charge in [0.05, 0.1) is 5.25 Å².